The number of nitrogens with one attached hydrogen (secondary N) is 1. The zero-order valence-electron chi connectivity index (χ0n) is 10.2. The highest BCUT2D eigenvalue weighted by molar-refractivity contribution is 5.31. The van der Waals surface area contributed by atoms with Crippen molar-refractivity contribution in [2.45, 2.75) is 20.4 Å². The zero-order valence-corrected chi connectivity index (χ0v) is 10.2. The van der Waals surface area contributed by atoms with Crippen molar-refractivity contribution in [1.82, 2.24) is 19.3 Å². The van der Waals surface area contributed by atoms with E-state index in [9.17, 15) is 0 Å². The largest absolute Gasteiger partial charge is 0.351 e. The first-order valence-electron chi connectivity index (χ1n) is 5.29. The molecule has 5 heteroatoms. The lowest BCUT2D eigenvalue weighted by atomic mass is 10.3. The van der Waals surface area contributed by atoms with Crippen LogP contribution < -0.4 is 5.32 Å². The van der Waals surface area contributed by atoms with Gasteiger partial charge in [0.25, 0.3) is 0 Å². The van der Waals surface area contributed by atoms with E-state index in [1.807, 2.05) is 49.6 Å². The summed E-state index contributed by atoms with van der Waals surface area (Å²) in [5.74, 6) is 0.890. The van der Waals surface area contributed by atoms with Crippen LogP contribution >= 0.6 is 0 Å². The van der Waals surface area contributed by atoms with Crippen molar-refractivity contribution in [3.05, 3.63) is 29.3 Å². The SMILES string of the molecule is Cc1cn(C)c(NCc2cn(C)nc2C)n1. The van der Waals surface area contributed by atoms with Gasteiger partial charge in [-0.3, -0.25) is 4.68 Å². The van der Waals surface area contributed by atoms with E-state index in [1.54, 1.807) is 0 Å². The van der Waals surface area contributed by atoms with Gasteiger partial charge in [0.2, 0.25) is 5.95 Å². The normalized spacial score (nSPS) is 10.8. The summed E-state index contributed by atoms with van der Waals surface area (Å²) in [6.07, 6.45) is 4.02. The Hall–Kier alpha value is -1.78. The Kier molecular flexibility index (Phi) is 2.68. The Morgan fingerprint density at radius 2 is 2.00 bits per heavy atom. The lowest BCUT2D eigenvalue weighted by Crippen LogP contribution is -2.04. The van der Waals surface area contributed by atoms with E-state index >= 15 is 0 Å². The third kappa shape index (κ3) is 2.08. The van der Waals surface area contributed by atoms with Crippen molar-refractivity contribution < 1.29 is 0 Å². The molecule has 0 radical (unpaired) electrons. The molecule has 0 bridgehead atoms. The molecule has 0 unspecified atom stereocenters. The summed E-state index contributed by atoms with van der Waals surface area (Å²) in [4.78, 5) is 4.39. The Balaban J connectivity index is 2.07. The van der Waals surface area contributed by atoms with Crippen molar-refractivity contribution in [2.24, 2.45) is 14.1 Å². The molecule has 0 spiro atoms. The summed E-state index contributed by atoms with van der Waals surface area (Å²) in [6.45, 7) is 4.76. The number of imidazole rings is 1. The second kappa shape index (κ2) is 4.00. The van der Waals surface area contributed by atoms with Crippen LogP contribution in [0.5, 0.6) is 0 Å². The van der Waals surface area contributed by atoms with Gasteiger partial charge in [-0.1, -0.05) is 0 Å². The summed E-state index contributed by atoms with van der Waals surface area (Å²) >= 11 is 0. The van der Waals surface area contributed by atoms with Gasteiger partial charge in [0, 0.05) is 38.6 Å². The minimum atomic E-state index is 0.754. The first-order valence-corrected chi connectivity index (χ1v) is 5.29. The number of hydrogen-bond acceptors (Lipinski definition) is 3. The lowest BCUT2D eigenvalue weighted by Gasteiger charge is -2.04. The van der Waals surface area contributed by atoms with Crippen molar-refractivity contribution in [2.75, 3.05) is 5.32 Å². The molecule has 0 aromatic carbocycles. The van der Waals surface area contributed by atoms with Crippen molar-refractivity contribution in [1.29, 1.82) is 0 Å². The van der Waals surface area contributed by atoms with E-state index in [4.69, 9.17) is 0 Å². The number of anilines is 1. The molecule has 1 N–H and O–H groups in total. The fourth-order valence-electron chi connectivity index (χ4n) is 1.78. The van der Waals surface area contributed by atoms with E-state index in [2.05, 4.69) is 15.4 Å². The first kappa shape index (κ1) is 10.7. The fraction of sp³-hybridized carbons (Fsp3) is 0.455. The molecule has 2 aromatic rings. The standard InChI is InChI=1S/C11H17N5/c1-8-6-15(3)11(13-8)12-5-10-7-16(4)14-9(10)2/h6-7H,5H2,1-4H3,(H,12,13). The van der Waals surface area contributed by atoms with E-state index in [0.717, 1.165) is 23.9 Å². The van der Waals surface area contributed by atoms with Crippen molar-refractivity contribution in [3.8, 4) is 0 Å². The maximum absolute atomic E-state index is 4.39. The van der Waals surface area contributed by atoms with Gasteiger partial charge in [0.15, 0.2) is 0 Å². The van der Waals surface area contributed by atoms with E-state index in [-0.39, 0.29) is 0 Å². The molecule has 2 rings (SSSR count). The molecule has 2 heterocycles. The van der Waals surface area contributed by atoms with Crippen LogP contribution in [0.25, 0.3) is 0 Å². The van der Waals surface area contributed by atoms with Crippen molar-refractivity contribution >= 4 is 5.95 Å². The molecule has 16 heavy (non-hydrogen) atoms. The van der Waals surface area contributed by atoms with Crippen LogP contribution in [0.3, 0.4) is 0 Å². The van der Waals surface area contributed by atoms with E-state index in [0.29, 0.717) is 0 Å². The van der Waals surface area contributed by atoms with Gasteiger partial charge < -0.3 is 9.88 Å². The van der Waals surface area contributed by atoms with Crippen LogP contribution in [0.1, 0.15) is 17.0 Å². The minimum Gasteiger partial charge on any atom is -0.351 e. The Morgan fingerprint density at radius 3 is 2.50 bits per heavy atom. The second-order valence-electron chi connectivity index (χ2n) is 4.08. The Labute approximate surface area is 95.1 Å². The molecule has 5 nitrogen and oxygen atoms in total. The molecule has 0 aliphatic rings. The number of aromatic nitrogens is 4. The van der Waals surface area contributed by atoms with Crippen LogP contribution in [-0.2, 0) is 20.6 Å². The molecule has 86 valence electrons. The molecule has 0 saturated heterocycles. The van der Waals surface area contributed by atoms with Gasteiger partial charge in [-0.15, -0.1) is 0 Å². The maximum Gasteiger partial charge on any atom is 0.203 e. The molecule has 0 saturated carbocycles. The molecule has 0 fully saturated rings. The Morgan fingerprint density at radius 1 is 1.25 bits per heavy atom. The van der Waals surface area contributed by atoms with Crippen LogP contribution in [0, 0.1) is 13.8 Å². The lowest BCUT2D eigenvalue weighted by molar-refractivity contribution is 0.756. The Bertz CT molecular complexity index is 448. The topological polar surface area (TPSA) is 47.7 Å². The minimum absolute atomic E-state index is 0.754. The van der Waals surface area contributed by atoms with Gasteiger partial charge in [-0.25, -0.2) is 4.98 Å². The zero-order chi connectivity index (χ0) is 11.7. The van der Waals surface area contributed by atoms with Crippen LogP contribution in [-0.4, -0.2) is 19.3 Å². The van der Waals surface area contributed by atoms with Gasteiger partial charge in [0.05, 0.1) is 11.4 Å². The van der Waals surface area contributed by atoms with E-state index < -0.39 is 0 Å². The predicted octanol–water partition coefficient (Wildman–Crippen LogP) is 1.38. The summed E-state index contributed by atoms with van der Waals surface area (Å²) in [5.41, 5.74) is 3.27. The van der Waals surface area contributed by atoms with Gasteiger partial charge in [-0.05, 0) is 13.8 Å². The third-order valence-electron chi connectivity index (χ3n) is 2.55. The number of nitrogens with zero attached hydrogens (tertiary/aromatic N) is 4. The number of hydrogen-bond donors (Lipinski definition) is 1. The number of rotatable bonds is 3. The maximum atomic E-state index is 4.39. The average Bonchev–Trinajstić information content (AvgIpc) is 2.66. The predicted molar refractivity (Wildman–Crippen MR) is 63.2 cm³/mol. The average molecular weight is 219 g/mol. The summed E-state index contributed by atoms with van der Waals surface area (Å²) in [5, 5.41) is 7.60. The molecule has 2 aromatic heterocycles. The molecule has 0 aliphatic heterocycles. The quantitative estimate of drug-likeness (QED) is 0.848. The van der Waals surface area contributed by atoms with Gasteiger partial charge >= 0.3 is 0 Å². The molecule has 0 aliphatic carbocycles. The smallest absolute Gasteiger partial charge is 0.203 e. The fourth-order valence-corrected chi connectivity index (χ4v) is 1.78. The third-order valence-corrected chi connectivity index (χ3v) is 2.55. The summed E-state index contributed by atoms with van der Waals surface area (Å²) < 4.78 is 3.82. The van der Waals surface area contributed by atoms with Crippen molar-refractivity contribution in [3.63, 3.8) is 0 Å². The van der Waals surface area contributed by atoms with E-state index in [1.165, 1.54) is 5.56 Å². The second-order valence-corrected chi connectivity index (χ2v) is 4.08. The van der Waals surface area contributed by atoms with Crippen LogP contribution in [0.4, 0.5) is 5.95 Å². The highest BCUT2D eigenvalue weighted by Crippen LogP contribution is 2.10. The molecular formula is C11H17N5. The highest BCUT2D eigenvalue weighted by Gasteiger charge is 2.05. The molecular weight excluding hydrogens is 202 g/mol. The van der Waals surface area contributed by atoms with Crippen LogP contribution in [0.15, 0.2) is 12.4 Å². The molecule has 0 amide bonds. The van der Waals surface area contributed by atoms with Gasteiger partial charge in [0.1, 0.15) is 0 Å². The van der Waals surface area contributed by atoms with Gasteiger partial charge in [-0.2, -0.15) is 5.10 Å². The van der Waals surface area contributed by atoms with Crippen LogP contribution in [0.2, 0.25) is 0 Å². The summed E-state index contributed by atoms with van der Waals surface area (Å²) in [7, 11) is 3.92. The first-order chi connectivity index (χ1) is 7.56. The highest BCUT2D eigenvalue weighted by atomic mass is 15.3. The number of aryl methyl sites for hydroxylation is 4. The summed E-state index contributed by atoms with van der Waals surface area (Å²) in [6, 6.07) is 0. The molecule has 0 atom stereocenters. The monoisotopic (exact) mass is 219 g/mol.